The standard InChI is InChI=1S/C7H9BO3.2H2/c1-11-7-4-2-6(3-5-7)8(9)10;;/h2-5,9-10H,1H3;2*1H. The molecule has 0 atom stereocenters. The van der Waals surface area contributed by atoms with Gasteiger partial charge in [-0.05, 0) is 17.6 Å². The molecule has 0 aliphatic heterocycles. The molecule has 1 aromatic rings. The van der Waals surface area contributed by atoms with Crippen molar-refractivity contribution in [2.45, 2.75) is 0 Å². The van der Waals surface area contributed by atoms with E-state index in [1.807, 2.05) is 0 Å². The summed E-state index contributed by atoms with van der Waals surface area (Å²) in [6.07, 6.45) is 0. The second-order valence-corrected chi connectivity index (χ2v) is 2.15. The van der Waals surface area contributed by atoms with Gasteiger partial charge in [0.1, 0.15) is 5.75 Å². The monoisotopic (exact) mass is 156 g/mol. The minimum absolute atomic E-state index is 0. The van der Waals surface area contributed by atoms with Gasteiger partial charge in [0.25, 0.3) is 0 Å². The summed E-state index contributed by atoms with van der Waals surface area (Å²) in [4.78, 5) is 0. The molecule has 0 heterocycles. The Kier molecular flexibility index (Phi) is 2.51. The van der Waals surface area contributed by atoms with E-state index < -0.39 is 7.12 Å². The van der Waals surface area contributed by atoms with Gasteiger partial charge >= 0.3 is 7.12 Å². The summed E-state index contributed by atoms with van der Waals surface area (Å²) in [7, 11) is 0.158. The highest BCUT2D eigenvalue weighted by molar-refractivity contribution is 6.58. The molecular weight excluding hydrogens is 143 g/mol. The van der Waals surface area contributed by atoms with E-state index in [9.17, 15) is 0 Å². The molecule has 0 saturated heterocycles. The van der Waals surface area contributed by atoms with Gasteiger partial charge in [0.05, 0.1) is 7.11 Å². The number of hydrogen-bond donors (Lipinski definition) is 2. The second kappa shape index (κ2) is 3.41. The topological polar surface area (TPSA) is 49.7 Å². The van der Waals surface area contributed by atoms with Crippen LogP contribution in [0.2, 0.25) is 0 Å². The summed E-state index contributed by atoms with van der Waals surface area (Å²) in [5.41, 5.74) is 0.464. The van der Waals surface area contributed by atoms with E-state index in [2.05, 4.69) is 0 Å². The van der Waals surface area contributed by atoms with Crippen LogP contribution in [0.25, 0.3) is 0 Å². The Morgan fingerprint density at radius 2 is 1.82 bits per heavy atom. The van der Waals surface area contributed by atoms with E-state index in [1.54, 1.807) is 31.4 Å². The largest absolute Gasteiger partial charge is 0.497 e. The quantitative estimate of drug-likeness (QED) is 0.586. The minimum atomic E-state index is -1.40. The zero-order valence-electron chi connectivity index (χ0n) is 6.19. The molecule has 1 aromatic carbocycles. The molecule has 11 heavy (non-hydrogen) atoms. The fourth-order valence-electron chi connectivity index (χ4n) is 0.776. The molecule has 1 rings (SSSR count). The van der Waals surface area contributed by atoms with E-state index in [-0.39, 0.29) is 2.85 Å². The molecule has 4 heteroatoms. The Bertz CT molecular complexity index is 228. The summed E-state index contributed by atoms with van der Waals surface area (Å²) in [6, 6.07) is 6.55. The van der Waals surface area contributed by atoms with Crippen molar-refractivity contribution >= 4 is 12.6 Å². The number of methoxy groups -OCH3 is 1. The lowest BCUT2D eigenvalue weighted by molar-refractivity contribution is 0.414. The van der Waals surface area contributed by atoms with Crippen molar-refractivity contribution in [3.63, 3.8) is 0 Å². The molecule has 0 radical (unpaired) electrons. The van der Waals surface area contributed by atoms with E-state index in [4.69, 9.17) is 14.8 Å². The number of ether oxygens (including phenoxy) is 1. The lowest BCUT2D eigenvalue weighted by Crippen LogP contribution is -2.29. The number of rotatable bonds is 2. The van der Waals surface area contributed by atoms with E-state index in [0.717, 1.165) is 0 Å². The van der Waals surface area contributed by atoms with Gasteiger partial charge in [-0.1, -0.05) is 12.1 Å². The third kappa shape index (κ3) is 1.96. The van der Waals surface area contributed by atoms with Crippen molar-refractivity contribution < 1.29 is 17.6 Å². The average Bonchev–Trinajstić information content (AvgIpc) is 2.05. The molecule has 3 nitrogen and oxygen atoms in total. The lowest BCUT2D eigenvalue weighted by Gasteiger charge is -2.00. The Morgan fingerprint density at radius 1 is 1.27 bits per heavy atom. The first kappa shape index (κ1) is 8.10. The van der Waals surface area contributed by atoms with Gasteiger partial charge in [-0.25, -0.2) is 0 Å². The fraction of sp³-hybridized carbons (Fsp3) is 0.143. The zero-order valence-corrected chi connectivity index (χ0v) is 6.19. The molecule has 0 unspecified atom stereocenters. The van der Waals surface area contributed by atoms with Gasteiger partial charge in [-0.2, -0.15) is 0 Å². The van der Waals surface area contributed by atoms with Crippen molar-refractivity contribution in [1.29, 1.82) is 0 Å². The Labute approximate surface area is 68.4 Å². The van der Waals surface area contributed by atoms with Crippen LogP contribution in [0.1, 0.15) is 2.85 Å². The molecule has 2 N–H and O–H groups in total. The van der Waals surface area contributed by atoms with Crippen molar-refractivity contribution in [3.8, 4) is 5.75 Å². The number of hydrogen-bond acceptors (Lipinski definition) is 3. The van der Waals surface area contributed by atoms with Gasteiger partial charge in [0, 0.05) is 2.85 Å². The minimum Gasteiger partial charge on any atom is -0.497 e. The second-order valence-electron chi connectivity index (χ2n) is 2.15. The van der Waals surface area contributed by atoms with Crippen molar-refractivity contribution in [2.24, 2.45) is 0 Å². The van der Waals surface area contributed by atoms with Crippen LogP contribution >= 0.6 is 0 Å². The summed E-state index contributed by atoms with van der Waals surface area (Å²) in [5, 5.41) is 17.4. The molecule has 0 aliphatic carbocycles. The first-order valence-corrected chi connectivity index (χ1v) is 3.24. The van der Waals surface area contributed by atoms with Gasteiger partial charge in [-0.3, -0.25) is 0 Å². The van der Waals surface area contributed by atoms with E-state index in [0.29, 0.717) is 11.2 Å². The molecule has 0 aromatic heterocycles. The highest BCUT2D eigenvalue weighted by Crippen LogP contribution is 2.05. The maximum absolute atomic E-state index is 8.70. The highest BCUT2D eigenvalue weighted by Gasteiger charge is 2.09. The van der Waals surface area contributed by atoms with Crippen LogP contribution in [0.5, 0.6) is 5.75 Å². The van der Waals surface area contributed by atoms with Gasteiger partial charge in [0.15, 0.2) is 0 Å². The van der Waals surface area contributed by atoms with Gasteiger partial charge in [0.2, 0.25) is 0 Å². The Hall–Kier alpha value is -0.995. The third-order valence-corrected chi connectivity index (χ3v) is 1.41. The Balaban J connectivity index is 0. The van der Waals surface area contributed by atoms with Crippen molar-refractivity contribution in [3.05, 3.63) is 24.3 Å². The smallest absolute Gasteiger partial charge is 0.488 e. The highest BCUT2D eigenvalue weighted by atomic mass is 16.5. The zero-order chi connectivity index (χ0) is 8.27. The van der Waals surface area contributed by atoms with Crippen molar-refractivity contribution in [2.75, 3.05) is 7.11 Å². The van der Waals surface area contributed by atoms with E-state index in [1.165, 1.54) is 0 Å². The molecule has 0 fully saturated rings. The van der Waals surface area contributed by atoms with Crippen LogP contribution in [0.4, 0.5) is 0 Å². The molecule has 0 saturated carbocycles. The summed E-state index contributed by atoms with van der Waals surface area (Å²) < 4.78 is 4.89. The summed E-state index contributed by atoms with van der Waals surface area (Å²) >= 11 is 0. The molecule has 0 aliphatic rings. The molecule has 0 bridgehead atoms. The van der Waals surface area contributed by atoms with Crippen LogP contribution in [0, 0.1) is 0 Å². The van der Waals surface area contributed by atoms with Gasteiger partial charge < -0.3 is 14.8 Å². The molecule has 0 amide bonds. The fourth-order valence-corrected chi connectivity index (χ4v) is 0.776. The maximum Gasteiger partial charge on any atom is 0.488 e. The lowest BCUT2D eigenvalue weighted by atomic mass is 9.80. The molecular formula is C7H13BO3. The normalized spacial score (nSPS) is 9.36. The Morgan fingerprint density at radius 3 is 2.18 bits per heavy atom. The van der Waals surface area contributed by atoms with E-state index >= 15 is 0 Å². The molecule has 62 valence electrons. The van der Waals surface area contributed by atoms with Crippen LogP contribution < -0.4 is 10.2 Å². The average molecular weight is 156 g/mol. The molecule has 0 spiro atoms. The SMILES string of the molecule is COc1ccc(B(O)O)cc1.[HH].[HH]. The summed E-state index contributed by atoms with van der Waals surface area (Å²) in [5.74, 6) is 0.703. The van der Waals surface area contributed by atoms with Crippen LogP contribution in [-0.2, 0) is 0 Å². The predicted molar refractivity (Wildman–Crippen MR) is 47.0 cm³/mol. The van der Waals surface area contributed by atoms with Crippen molar-refractivity contribution in [1.82, 2.24) is 0 Å². The summed E-state index contributed by atoms with van der Waals surface area (Å²) in [6.45, 7) is 0. The van der Waals surface area contributed by atoms with Gasteiger partial charge in [-0.15, -0.1) is 0 Å². The first-order valence-electron chi connectivity index (χ1n) is 3.24. The van der Waals surface area contributed by atoms with Crippen LogP contribution in [0.3, 0.4) is 0 Å². The first-order chi connectivity index (χ1) is 5.24. The maximum atomic E-state index is 8.70. The van der Waals surface area contributed by atoms with Crippen LogP contribution in [0.15, 0.2) is 24.3 Å². The van der Waals surface area contributed by atoms with Crippen LogP contribution in [-0.4, -0.2) is 24.3 Å². The predicted octanol–water partition coefficient (Wildman–Crippen LogP) is -0.133. The third-order valence-electron chi connectivity index (χ3n) is 1.41. The number of benzene rings is 1.